The summed E-state index contributed by atoms with van der Waals surface area (Å²) in [5.74, 6) is -0.999. The van der Waals surface area contributed by atoms with Gasteiger partial charge in [-0.1, -0.05) is 0 Å². The highest BCUT2D eigenvalue weighted by atomic mass is 19.1. The van der Waals surface area contributed by atoms with E-state index in [0.717, 1.165) is 50.2 Å². The number of halogens is 2. The van der Waals surface area contributed by atoms with Crippen molar-refractivity contribution >= 4 is 6.03 Å². The number of hydrogen-bond acceptors (Lipinski definition) is 2. The fourth-order valence-electron chi connectivity index (χ4n) is 3.34. The lowest BCUT2D eigenvalue weighted by Gasteiger charge is -2.34. The number of likely N-dealkylation sites (tertiary alicyclic amines) is 1. The third-order valence-corrected chi connectivity index (χ3v) is 5.23. The highest BCUT2D eigenvalue weighted by Crippen LogP contribution is 2.29. The molecule has 1 aliphatic carbocycles. The molecule has 0 bridgehead atoms. The van der Waals surface area contributed by atoms with Gasteiger partial charge in [-0.25, -0.2) is 13.6 Å². The molecule has 0 unspecified atom stereocenters. The molecule has 2 aliphatic rings. The fourth-order valence-corrected chi connectivity index (χ4v) is 3.34. The Hall–Kier alpha value is -1.69. The Morgan fingerprint density at radius 2 is 1.92 bits per heavy atom. The Morgan fingerprint density at radius 3 is 2.54 bits per heavy atom. The predicted octanol–water partition coefficient (Wildman–Crippen LogP) is 3.29. The molecule has 2 amide bonds. The van der Waals surface area contributed by atoms with Crippen LogP contribution in [0.2, 0.25) is 0 Å². The fraction of sp³-hybridized carbons (Fsp3) is 0.611. The SMILES string of the molecule is C[C@@H](c1cc(F)ccc1F)N(C)C(=O)NC1CCN(C2CC2)CC1. The Morgan fingerprint density at radius 1 is 1.25 bits per heavy atom. The Labute approximate surface area is 141 Å². The van der Waals surface area contributed by atoms with Crippen LogP contribution < -0.4 is 5.32 Å². The van der Waals surface area contributed by atoms with Crippen molar-refractivity contribution in [2.45, 2.75) is 50.7 Å². The Balaban J connectivity index is 1.55. The van der Waals surface area contributed by atoms with Gasteiger partial charge >= 0.3 is 6.03 Å². The molecule has 1 saturated heterocycles. The second kappa shape index (κ2) is 7.05. The number of amides is 2. The van der Waals surface area contributed by atoms with Crippen LogP contribution in [0.25, 0.3) is 0 Å². The summed E-state index contributed by atoms with van der Waals surface area (Å²) in [5, 5.41) is 3.03. The Kier molecular flexibility index (Phi) is 5.04. The monoisotopic (exact) mass is 337 g/mol. The molecule has 1 aromatic carbocycles. The topological polar surface area (TPSA) is 35.6 Å². The van der Waals surface area contributed by atoms with Gasteiger partial charge < -0.3 is 15.1 Å². The number of piperidine rings is 1. The number of carbonyl (C=O) groups is 1. The van der Waals surface area contributed by atoms with Crippen molar-refractivity contribution in [3.8, 4) is 0 Å². The van der Waals surface area contributed by atoms with E-state index in [2.05, 4.69) is 10.2 Å². The van der Waals surface area contributed by atoms with Gasteiger partial charge in [0, 0.05) is 37.8 Å². The molecule has 6 heteroatoms. The first kappa shape index (κ1) is 17.1. The summed E-state index contributed by atoms with van der Waals surface area (Å²) in [5.41, 5.74) is 0.191. The third-order valence-electron chi connectivity index (χ3n) is 5.23. The molecule has 1 atom stereocenters. The average Bonchev–Trinajstić information content (AvgIpc) is 3.41. The standard InChI is InChI=1S/C18H25F2N3O/c1-12(16-11-13(19)3-6-17(16)20)22(2)18(24)21-14-7-9-23(10-8-14)15-4-5-15/h3,6,11-12,14-15H,4-5,7-10H2,1-2H3,(H,21,24)/t12-/m0/s1. The maximum Gasteiger partial charge on any atom is 0.317 e. The Bertz CT molecular complexity index is 598. The maximum atomic E-state index is 13.9. The van der Waals surface area contributed by atoms with E-state index in [1.165, 1.54) is 17.7 Å². The molecule has 132 valence electrons. The van der Waals surface area contributed by atoms with Crippen LogP contribution in [-0.2, 0) is 0 Å². The average molecular weight is 337 g/mol. The molecule has 0 spiro atoms. The van der Waals surface area contributed by atoms with Crippen LogP contribution in [0.4, 0.5) is 13.6 Å². The number of nitrogens with zero attached hydrogens (tertiary/aromatic N) is 2. The van der Waals surface area contributed by atoms with Crippen molar-refractivity contribution in [2.24, 2.45) is 0 Å². The molecule has 4 nitrogen and oxygen atoms in total. The minimum absolute atomic E-state index is 0.152. The number of nitrogens with one attached hydrogen (secondary N) is 1. The van der Waals surface area contributed by atoms with E-state index in [4.69, 9.17) is 0 Å². The number of benzene rings is 1. The summed E-state index contributed by atoms with van der Waals surface area (Å²) in [7, 11) is 1.61. The van der Waals surface area contributed by atoms with Crippen LogP contribution in [0, 0.1) is 11.6 Å². The van der Waals surface area contributed by atoms with E-state index >= 15 is 0 Å². The van der Waals surface area contributed by atoms with Crippen LogP contribution in [0.3, 0.4) is 0 Å². The molecule has 24 heavy (non-hydrogen) atoms. The second-order valence-corrected chi connectivity index (χ2v) is 6.94. The largest absolute Gasteiger partial charge is 0.335 e. The van der Waals surface area contributed by atoms with Crippen LogP contribution in [0.5, 0.6) is 0 Å². The molecule has 1 aliphatic heterocycles. The summed E-state index contributed by atoms with van der Waals surface area (Å²) in [4.78, 5) is 16.4. The van der Waals surface area contributed by atoms with Gasteiger partial charge in [0.15, 0.2) is 0 Å². The van der Waals surface area contributed by atoms with Crippen molar-refractivity contribution in [3.63, 3.8) is 0 Å². The van der Waals surface area contributed by atoms with Crippen molar-refractivity contribution in [2.75, 3.05) is 20.1 Å². The van der Waals surface area contributed by atoms with E-state index in [-0.39, 0.29) is 17.6 Å². The molecule has 0 radical (unpaired) electrons. The lowest BCUT2D eigenvalue weighted by molar-refractivity contribution is 0.166. The zero-order chi connectivity index (χ0) is 17.3. The summed E-state index contributed by atoms with van der Waals surface area (Å²) < 4.78 is 27.3. The van der Waals surface area contributed by atoms with Crippen molar-refractivity contribution < 1.29 is 13.6 Å². The second-order valence-electron chi connectivity index (χ2n) is 6.94. The first-order chi connectivity index (χ1) is 11.5. The van der Waals surface area contributed by atoms with Gasteiger partial charge in [-0.3, -0.25) is 0 Å². The lowest BCUT2D eigenvalue weighted by atomic mass is 10.0. The van der Waals surface area contributed by atoms with Gasteiger partial charge in [0.05, 0.1) is 6.04 Å². The summed E-state index contributed by atoms with van der Waals surface area (Å²) in [6.07, 6.45) is 4.49. The van der Waals surface area contributed by atoms with E-state index in [9.17, 15) is 13.6 Å². The zero-order valence-electron chi connectivity index (χ0n) is 14.3. The van der Waals surface area contributed by atoms with Gasteiger partial charge in [0.25, 0.3) is 0 Å². The van der Waals surface area contributed by atoms with Gasteiger partial charge in [-0.15, -0.1) is 0 Å². The van der Waals surface area contributed by atoms with E-state index in [0.29, 0.717) is 0 Å². The molecule has 0 aromatic heterocycles. The number of carbonyl (C=O) groups excluding carboxylic acids is 1. The summed E-state index contributed by atoms with van der Waals surface area (Å²) >= 11 is 0. The molecular formula is C18H25F2N3O. The minimum Gasteiger partial charge on any atom is -0.335 e. The van der Waals surface area contributed by atoms with Crippen LogP contribution in [-0.4, -0.2) is 48.1 Å². The number of hydrogen-bond donors (Lipinski definition) is 1. The molecular weight excluding hydrogens is 312 g/mol. The van der Waals surface area contributed by atoms with Gasteiger partial charge in [0.2, 0.25) is 0 Å². The molecule has 2 fully saturated rings. The number of urea groups is 1. The van der Waals surface area contributed by atoms with Gasteiger partial charge in [-0.2, -0.15) is 0 Å². The first-order valence-corrected chi connectivity index (χ1v) is 8.68. The predicted molar refractivity (Wildman–Crippen MR) is 88.7 cm³/mol. The third kappa shape index (κ3) is 3.86. The van der Waals surface area contributed by atoms with Crippen LogP contribution >= 0.6 is 0 Å². The van der Waals surface area contributed by atoms with E-state index in [1.807, 2.05) is 0 Å². The summed E-state index contributed by atoms with van der Waals surface area (Å²) in [6, 6.07) is 3.47. The minimum atomic E-state index is -0.535. The first-order valence-electron chi connectivity index (χ1n) is 8.68. The quantitative estimate of drug-likeness (QED) is 0.915. The smallest absolute Gasteiger partial charge is 0.317 e. The number of rotatable bonds is 4. The van der Waals surface area contributed by atoms with Gasteiger partial charge in [0.1, 0.15) is 11.6 Å². The molecule has 1 N–H and O–H groups in total. The van der Waals surface area contributed by atoms with Crippen molar-refractivity contribution in [1.82, 2.24) is 15.1 Å². The maximum absolute atomic E-state index is 13.9. The van der Waals surface area contributed by atoms with Crippen molar-refractivity contribution in [1.29, 1.82) is 0 Å². The van der Waals surface area contributed by atoms with E-state index in [1.54, 1.807) is 14.0 Å². The lowest BCUT2D eigenvalue weighted by Crippen LogP contribution is -2.49. The highest BCUT2D eigenvalue weighted by Gasteiger charge is 2.32. The molecule has 3 rings (SSSR count). The highest BCUT2D eigenvalue weighted by molar-refractivity contribution is 5.74. The van der Waals surface area contributed by atoms with Crippen molar-refractivity contribution in [3.05, 3.63) is 35.4 Å². The molecule has 1 heterocycles. The summed E-state index contributed by atoms with van der Waals surface area (Å²) in [6.45, 7) is 3.74. The molecule has 1 aromatic rings. The van der Waals surface area contributed by atoms with E-state index < -0.39 is 17.7 Å². The van der Waals surface area contributed by atoms with Gasteiger partial charge in [-0.05, 0) is 50.8 Å². The van der Waals surface area contributed by atoms with Crippen LogP contribution in [0.15, 0.2) is 18.2 Å². The van der Waals surface area contributed by atoms with Crippen LogP contribution in [0.1, 0.15) is 44.2 Å². The molecule has 1 saturated carbocycles. The zero-order valence-corrected chi connectivity index (χ0v) is 14.3. The normalized spacial score (nSPS) is 20.7.